The number of aromatic nitrogens is 4. The largest absolute Gasteiger partial charge is 0.395 e. The number of hydrogen-bond donors (Lipinski definition) is 1. The maximum Gasteiger partial charge on any atom is 0.150 e. The van der Waals surface area contributed by atoms with Crippen LogP contribution in [0.1, 0.15) is 74.9 Å². The van der Waals surface area contributed by atoms with Crippen molar-refractivity contribution in [2.45, 2.75) is 63.8 Å². The summed E-state index contributed by atoms with van der Waals surface area (Å²) in [6.45, 7) is 1.75. The molecule has 0 radical (unpaired) electrons. The Hall–Kier alpha value is -3.33. The lowest BCUT2D eigenvalue weighted by molar-refractivity contribution is -0.0367. The van der Waals surface area contributed by atoms with E-state index in [-0.39, 0.29) is 19.1 Å². The van der Waals surface area contributed by atoms with Gasteiger partial charge in [-0.25, -0.2) is 9.36 Å². The lowest BCUT2D eigenvalue weighted by Gasteiger charge is -2.23. The summed E-state index contributed by atoms with van der Waals surface area (Å²) >= 11 is 5.62. The first-order valence-corrected chi connectivity index (χ1v) is 14.6. The number of benzene rings is 2. The molecule has 2 aromatic heterocycles. The minimum Gasteiger partial charge on any atom is -0.395 e. The average molecular weight is 559 g/mol. The Kier molecular flexibility index (Phi) is 10.1. The van der Waals surface area contributed by atoms with E-state index < -0.39 is 0 Å². The molecule has 0 saturated carbocycles. The van der Waals surface area contributed by atoms with Gasteiger partial charge in [0.25, 0.3) is 0 Å². The Morgan fingerprint density at radius 2 is 1.30 bits per heavy atom. The molecule has 40 heavy (non-hydrogen) atoms. The van der Waals surface area contributed by atoms with Crippen LogP contribution in [0.15, 0.2) is 48.8 Å². The van der Waals surface area contributed by atoms with Gasteiger partial charge in [0.2, 0.25) is 0 Å². The van der Waals surface area contributed by atoms with E-state index in [0.717, 1.165) is 78.3 Å². The first-order valence-electron chi connectivity index (χ1n) is 14.1. The van der Waals surface area contributed by atoms with Gasteiger partial charge in [0, 0.05) is 53.8 Å². The molecule has 0 aliphatic carbocycles. The lowest BCUT2D eigenvalue weighted by atomic mass is 10.1. The molecule has 2 unspecified atom stereocenters. The van der Waals surface area contributed by atoms with Gasteiger partial charge >= 0.3 is 0 Å². The summed E-state index contributed by atoms with van der Waals surface area (Å²) in [6.07, 6.45) is 11.9. The predicted molar refractivity (Wildman–Crippen MR) is 158 cm³/mol. The zero-order valence-electron chi connectivity index (χ0n) is 22.7. The maximum absolute atomic E-state index is 8.73. The summed E-state index contributed by atoms with van der Waals surface area (Å²) in [7, 11) is 0. The number of alkyl halides is 1. The molecule has 2 aromatic carbocycles. The van der Waals surface area contributed by atoms with Gasteiger partial charge in [-0.05, 0) is 74.9 Å². The van der Waals surface area contributed by atoms with Crippen molar-refractivity contribution in [2.24, 2.45) is 0 Å². The van der Waals surface area contributed by atoms with Crippen LogP contribution in [0, 0.1) is 23.7 Å². The highest BCUT2D eigenvalue weighted by Crippen LogP contribution is 2.27. The van der Waals surface area contributed by atoms with Gasteiger partial charge < -0.3 is 14.6 Å². The van der Waals surface area contributed by atoms with Crippen LogP contribution in [0.25, 0.3) is 21.8 Å². The van der Waals surface area contributed by atoms with Gasteiger partial charge in [0.1, 0.15) is 0 Å². The first kappa shape index (κ1) is 28.2. The average Bonchev–Trinajstić information content (AvgIpc) is 3.63. The second-order valence-electron chi connectivity index (χ2n) is 9.88. The highest BCUT2D eigenvalue weighted by atomic mass is 35.5. The fraction of sp³-hybridized carbons (Fsp3) is 0.438. The molecule has 7 nitrogen and oxygen atoms in total. The minimum absolute atomic E-state index is 0.0626. The van der Waals surface area contributed by atoms with E-state index in [1.54, 1.807) is 0 Å². The molecule has 2 atom stereocenters. The monoisotopic (exact) mass is 558 g/mol. The van der Waals surface area contributed by atoms with Gasteiger partial charge in [-0.3, -0.25) is 0 Å². The Morgan fingerprint density at radius 1 is 0.775 bits per heavy atom. The molecule has 4 heterocycles. The summed E-state index contributed by atoms with van der Waals surface area (Å²) in [6, 6.07) is 12.3. The van der Waals surface area contributed by atoms with Crippen molar-refractivity contribution < 1.29 is 14.6 Å². The Labute approximate surface area is 240 Å². The number of rotatable bonds is 4. The molecule has 0 bridgehead atoms. The Balaban J connectivity index is 0.000000161. The smallest absolute Gasteiger partial charge is 0.150 e. The molecule has 4 aromatic rings. The van der Waals surface area contributed by atoms with Crippen molar-refractivity contribution in [3.63, 3.8) is 0 Å². The first-order chi connectivity index (χ1) is 19.8. The van der Waals surface area contributed by atoms with E-state index in [4.69, 9.17) is 26.2 Å². The second kappa shape index (κ2) is 14.3. The fourth-order valence-electron chi connectivity index (χ4n) is 4.99. The van der Waals surface area contributed by atoms with Gasteiger partial charge in [-0.2, -0.15) is 10.2 Å². The summed E-state index contributed by atoms with van der Waals surface area (Å²) < 4.78 is 15.5. The molecular weight excluding hydrogens is 524 g/mol. The van der Waals surface area contributed by atoms with Crippen molar-refractivity contribution in [1.29, 1.82) is 0 Å². The number of fused-ring (bicyclic) bond motifs is 2. The van der Waals surface area contributed by atoms with Crippen LogP contribution in [0.5, 0.6) is 0 Å². The molecule has 2 fully saturated rings. The Bertz CT molecular complexity index is 1410. The molecular formula is C32H35ClN4O3. The number of hydrogen-bond acceptors (Lipinski definition) is 5. The lowest BCUT2D eigenvalue weighted by Crippen LogP contribution is -2.18. The molecule has 1 N–H and O–H groups in total. The van der Waals surface area contributed by atoms with Gasteiger partial charge in [-0.1, -0.05) is 23.7 Å². The number of aliphatic hydroxyl groups is 1. The SMILES string of the molecule is ClCCC#Cc1ccc2c(cnn2C2CCCCO2)c1.OCCC#Cc1ccc2c(cnn2C2CCCCO2)c1. The molecule has 0 amide bonds. The van der Waals surface area contributed by atoms with E-state index in [9.17, 15) is 0 Å². The molecule has 2 aliphatic heterocycles. The van der Waals surface area contributed by atoms with Crippen LogP contribution in [0.3, 0.4) is 0 Å². The van der Waals surface area contributed by atoms with E-state index in [1.807, 2.05) is 46.0 Å². The quantitative estimate of drug-likeness (QED) is 0.239. The van der Waals surface area contributed by atoms with Gasteiger partial charge in [0.05, 0.1) is 30.0 Å². The van der Waals surface area contributed by atoms with Crippen LogP contribution >= 0.6 is 11.6 Å². The summed E-state index contributed by atoms with van der Waals surface area (Å²) in [5.74, 6) is 12.7. The highest BCUT2D eigenvalue weighted by molar-refractivity contribution is 6.18. The van der Waals surface area contributed by atoms with Crippen LogP contribution in [0.4, 0.5) is 0 Å². The van der Waals surface area contributed by atoms with Crippen molar-refractivity contribution in [3.8, 4) is 23.7 Å². The molecule has 8 heteroatoms. The topological polar surface area (TPSA) is 74.3 Å². The number of aliphatic hydroxyl groups excluding tert-OH is 1. The summed E-state index contributed by atoms with van der Waals surface area (Å²) in [5.41, 5.74) is 4.16. The third-order valence-electron chi connectivity index (χ3n) is 6.97. The molecule has 2 aliphatic rings. The van der Waals surface area contributed by atoms with Crippen LogP contribution in [-0.4, -0.2) is 50.4 Å². The minimum atomic E-state index is 0.0626. The van der Waals surface area contributed by atoms with Crippen molar-refractivity contribution >= 4 is 33.4 Å². The molecule has 6 rings (SSSR count). The standard InChI is InChI=1S/C16H17ClN2O.C16H18N2O2/c17-9-3-1-5-13-7-8-15-14(11-13)12-18-19(15)16-6-2-4-10-20-16;19-9-3-1-5-13-7-8-15-14(11-13)12-17-18(15)16-6-2-4-10-20-16/h7-8,11-12,16H,2-4,6,9-10H2;7-8,11-12,16,19H,2-4,6,9-10H2. The third-order valence-corrected chi connectivity index (χ3v) is 7.16. The maximum atomic E-state index is 8.73. The van der Waals surface area contributed by atoms with E-state index >= 15 is 0 Å². The van der Waals surface area contributed by atoms with Crippen LogP contribution in [-0.2, 0) is 9.47 Å². The van der Waals surface area contributed by atoms with Gasteiger partial charge in [0.15, 0.2) is 12.5 Å². The highest BCUT2D eigenvalue weighted by Gasteiger charge is 2.19. The van der Waals surface area contributed by atoms with Crippen molar-refractivity contribution in [3.05, 3.63) is 59.9 Å². The zero-order chi connectivity index (χ0) is 27.6. The number of ether oxygens (including phenoxy) is 2. The predicted octanol–water partition coefficient (Wildman–Crippen LogP) is 6.19. The summed E-state index contributed by atoms with van der Waals surface area (Å²) in [5, 5.41) is 19.9. The van der Waals surface area contributed by atoms with E-state index in [2.05, 4.69) is 46.0 Å². The van der Waals surface area contributed by atoms with Crippen molar-refractivity contribution in [2.75, 3.05) is 25.7 Å². The van der Waals surface area contributed by atoms with E-state index in [0.29, 0.717) is 12.3 Å². The van der Waals surface area contributed by atoms with E-state index in [1.165, 1.54) is 12.8 Å². The zero-order valence-corrected chi connectivity index (χ0v) is 23.4. The molecule has 2 saturated heterocycles. The second-order valence-corrected chi connectivity index (χ2v) is 10.3. The number of halogens is 1. The van der Waals surface area contributed by atoms with Gasteiger partial charge in [-0.15, -0.1) is 11.6 Å². The fourth-order valence-corrected chi connectivity index (χ4v) is 5.08. The van der Waals surface area contributed by atoms with Crippen LogP contribution in [0.2, 0.25) is 0 Å². The molecule has 208 valence electrons. The summed E-state index contributed by atoms with van der Waals surface area (Å²) in [4.78, 5) is 0. The Morgan fingerprint density at radius 3 is 1.75 bits per heavy atom. The van der Waals surface area contributed by atoms with Crippen molar-refractivity contribution in [1.82, 2.24) is 19.6 Å². The normalized spacial score (nSPS) is 18.8. The number of nitrogens with zero attached hydrogens (tertiary/aromatic N) is 4. The molecule has 0 spiro atoms. The third kappa shape index (κ3) is 7.05. The van der Waals surface area contributed by atoms with Crippen LogP contribution < -0.4 is 0 Å².